The monoisotopic (exact) mass is 419 g/mol. The summed E-state index contributed by atoms with van der Waals surface area (Å²) < 4.78 is 27.4. The lowest BCUT2D eigenvalue weighted by molar-refractivity contribution is -0.0769. The predicted octanol–water partition coefficient (Wildman–Crippen LogP) is 0.711. The van der Waals surface area contributed by atoms with E-state index in [1.54, 1.807) is 29.7 Å². The summed E-state index contributed by atoms with van der Waals surface area (Å²) in [7, 11) is 1.51. The van der Waals surface area contributed by atoms with Crippen LogP contribution in [0.1, 0.15) is 16.6 Å². The molecule has 0 aliphatic carbocycles. The van der Waals surface area contributed by atoms with Crippen LogP contribution in [0.5, 0.6) is 5.75 Å². The molecule has 2 N–H and O–H groups in total. The molecule has 0 spiro atoms. The number of ether oxygens (including phenoxy) is 5. The number of hydrogen-bond donors (Lipinski definition) is 2. The van der Waals surface area contributed by atoms with Crippen molar-refractivity contribution < 1.29 is 38.5 Å². The van der Waals surface area contributed by atoms with Crippen molar-refractivity contribution in [2.45, 2.75) is 24.5 Å². The van der Waals surface area contributed by atoms with E-state index in [0.717, 1.165) is 4.57 Å². The second kappa shape index (κ2) is 8.00. The number of methoxy groups -OCH3 is 1. The van der Waals surface area contributed by atoms with Crippen LogP contribution >= 0.6 is 0 Å². The smallest absolute Gasteiger partial charge is 0.497 e. The molecule has 12 heteroatoms. The first-order valence-corrected chi connectivity index (χ1v) is 8.83. The normalized spacial score (nSPS) is 24.5. The van der Waals surface area contributed by atoms with Gasteiger partial charge in [0.05, 0.1) is 12.7 Å². The Morgan fingerprint density at radius 3 is 2.60 bits per heavy atom. The minimum Gasteiger partial charge on any atom is -0.497 e. The minimum absolute atomic E-state index is 0.0598. The molecule has 2 saturated heterocycles. The van der Waals surface area contributed by atoms with Crippen LogP contribution in [0.15, 0.2) is 41.3 Å². The zero-order valence-corrected chi connectivity index (χ0v) is 15.6. The van der Waals surface area contributed by atoms with E-state index in [1.165, 1.54) is 19.4 Å². The van der Waals surface area contributed by atoms with Gasteiger partial charge in [-0.3, -0.25) is 15.3 Å². The van der Waals surface area contributed by atoms with E-state index >= 15 is 0 Å². The van der Waals surface area contributed by atoms with Crippen molar-refractivity contribution >= 4 is 17.9 Å². The Morgan fingerprint density at radius 2 is 1.93 bits per heavy atom. The Kier molecular flexibility index (Phi) is 5.25. The number of aromatic nitrogens is 2. The molecule has 30 heavy (non-hydrogen) atoms. The van der Waals surface area contributed by atoms with Crippen molar-refractivity contribution in [3.63, 3.8) is 0 Å². The largest absolute Gasteiger partial charge is 0.509 e. The standard InChI is InChI=1S/C18H17N3O9/c1-26-10-4-2-9(3-5-10)16(22)27-8-11-13-14(30-18(24)29-13)15(28-11)21-7-6-12(20-25)19-17(21)23/h2-7,11,13-15,25H,8H2,1H3,(H,19,20,23)/t11-,13-,14-,15-/m1/s1. The lowest BCUT2D eigenvalue weighted by atomic mass is 10.1. The van der Waals surface area contributed by atoms with Crippen LogP contribution in [0.2, 0.25) is 0 Å². The van der Waals surface area contributed by atoms with E-state index in [1.807, 2.05) is 0 Å². The third-order valence-corrected chi connectivity index (χ3v) is 4.67. The van der Waals surface area contributed by atoms with E-state index in [2.05, 4.69) is 4.98 Å². The lowest BCUT2D eigenvalue weighted by Crippen LogP contribution is -2.34. The molecule has 1 aromatic heterocycles. The number of carbonyl (C=O) groups is 2. The summed E-state index contributed by atoms with van der Waals surface area (Å²) in [5, 5.41) is 8.85. The van der Waals surface area contributed by atoms with Crippen molar-refractivity contribution in [3.05, 3.63) is 52.6 Å². The van der Waals surface area contributed by atoms with Crippen LogP contribution in [0.3, 0.4) is 0 Å². The van der Waals surface area contributed by atoms with E-state index in [0.29, 0.717) is 11.3 Å². The van der Waals surface area contributed by atoms with E-state index in [9.17, 15) is 14.4 Å². The Bertz CT molecular complexity index is 1010. The van der Waals surface area contributed by atoms with Gasteiger partial charge in [0.1, 0.15) is 18.5 Å². The average molecular weight is 419 g/mol. The Hall–Kier alpha value is -3.64. The molecular weight excluding hydrogens is 402 g/mol. The fraction of sp³-hybridized carbons (Fsp3) is 0.333. The highest BCUT2D eigenvalue weighted by Crippen LogP contribution is 2.37. The second-order valence-corrected chi connectivity index (χ2v) is 6.42. The van der Waals surface area contributed by atoms with Crippen LogP contribution in [-0.4, -0.2) is 58.9 Å². The molecule has 158 valence electrons. The summed E-state index contributed by atoms with van der Waals surface area (Å²) in [6.07, 6.45) is -3.33. The number of nitrogens with zero attached hydrogens (tertiary/aromatic N) is 2. The number of carbonyl (C=O) groups excluding carboxylic acids is 2. The highest BCUT2D eigenvalue weighted by molar-refractivity contribution is 5.89. The molecule has 4 rings (SSSR count). The van der Waals surface area contributed by atoms with Crippen LogP contribution < -0.4 is 15.9 Å². The van der Waals surface area contributed by atoms with Gasteiger partial charge in [0.25, 0.3) is 0 Å². The number of anilines is 1. The molecule has 2 aliphatic heterocycles. The molecular formula is C18H17N3O9. The summed E-state index contributed by atoms with van der Waals surface area (Å²) in [5.41, 5.74) is 1.31. The van der Waals surface area contributed by atoms with E-state index < -0.39 is 42.4 Å². The summed E-state index contributed by atoms with van der Waals surface area (Å²) in [5.74, 6) is -0.0769. The number of rotatable bonds is 6. The second-order valence-electron chi connectivity index (χ2n) is 6.42. The topological polar surface area (TPSA) is 147 Å². The molecule has 12 nitrogen and oxygen atoms in total. The van der Waals surface area contributed by atoms with Gasteiger partial charge in [-0.1, -0.05) is 0 Å². The third kappa shape index (κ3) is 3.65. The van der Waals surface area contributed by atoms with Crippen molar-refractivity contribution in [1.82, 2.24) is 9.55 Å². The molecule has 0 saturated carbocycles. The first kappa shape index (κ1) is 19.7. The van der Waals surface area contributed by atoms with Gasteiger partial charge in [-0.05, 0) is 30.3 Å². The summed E-state index contributed by atoms with van der Waals surface area (Å²) >= 11 is 0. The fourth-order valence-electron chi connectivity index (χ4n) is 3.22. The summed E-state index contributed by atoms with van der Waals surface area (Å²) in [6, 6.07) is 7.65. The first-order valence-electron chi connectivity index (χ1n) is 8.83. The number of hydrogen-bond acceptors (Lipinski definition) is 11. The SMILES string of the molecule is COc1ccc(C(=O)OC[C@H]2O[C@@H](n3ccc(NO)nc3=O)[C@@H]3OC(=O)O[C@@H]32)cc1. The zero-order valence-electron chi connectivity index (χ0n) is 15.6. The molecule has 0 unspecified atom stereocenters. The zero-order chi connectivity index (χ0) is 21.3. The third-order valence-electron chi connectivity index (χ3n) is 4.67. The van der Waals surface area contributed by atoms with Crippen molar-refractivity contribution in [1.29, 1.82) is 0 Å². The number of benzene rings is 1. The van der Waals surface area contributed by atoms with Gasteiger partial charge in [0.2, 0.25) is 0 Å². The summed E-state index contributed by atoms with van der Waals surface area (Å²) in [4.78, 5) is 39.7. The molecule has 0 amide bonds. The van der Waals surface area contributed by atoms with Crippen molar-refractivity contribution in [2.75, 3.05) is 19.2 Å². The van der Waals surface area contributed by atoms with Gasteiger partial charge >= 0.3 is 17.8 Å². The van der Waals surface area contributed by atoms with Gasteiger partial charge in [-0.25, -0.2) is 14.4 Å². The highest BCUT2D eigenvalue weighted by atomic mass is 16.8. The van der Waals surface area contributed by atoms with Crippen LogP contribution in [-0.2, 0) is 18.9 Å². The van der Waals surface area contributed by atoms with Crippen LogP contribution in [0, 0.1) is 0 Å². The number of fused-ring (bicyclic) bond motifs is 1. The van der Waals surface area contributed by atoms with Gasteiger partial charge < -0.3 is 23.7 Å². The minimum atomic E-state index is -1.04. The molecule has 0 radical (unpaired) electrons. The Labute approximate surface area is 168 Å². The fourth-order valence-corrected chi connectivity index (χ4v) is 3.22. The van der Waals surface area contributed by atoms with Gasteiger partial charge in [0, 0.05) is 6.20 Å². The lowest BCUT2D eigenvalue weighted by Gasteiger charge is -2.18. The van der Waals surface area contributed by atoms with E-state index in [-0.39, 0.29) is 12.4 Å². The molecule has 4 atom stereocenters. The number of esters is 1. The van der Waals surface area contributed by atoms with Gasteiger partial charge in [-0.2, -0.15) is 4.98 Å². The van der Waals surface area contributed by atoms with Gasteiger partial charge in [-0.15, -0.1) is 0 Å². The van der Waals surface area contributed by atoms with Crippen LogP contribution in [0.25, 0.3) is 0 Å². The van der Waals surface area contributed by atoms with E-state index in [4.69, 9.17) is 28.9 Å². The highest BCUT2D eigenvalue weighted by Gasteiger charge is 2.55. The van der Waals surface area contributed by atoms with Crippen molar-refractivity contribution in [3.8, 4) is 5.75 Å². The molecule has 0 bridgehead atoms. The predicted molar refractivity (Wildman–Crippen MR) is 96.2 cm³/mol. The maximum atomic E-state index is 12.3. The maximum Gasteiger partial charge on any atom is 0.509 e. The average Bonchev–Trinajstić information content (AvgIpc) is 3.29. The first-order chi connectivity index (χ1) is 14.5. The summed E-state index contributed by atoms with van der Waals surface area (Å²) in [6.45, 7) is -0.238. The molecule has 2 aliphatic rings. The Morgan fingerprint density at radius 1 is 1.20 bits per heavy atom. The Balaban J connectivity index is 1.48. The molecule has 2 aromatic rings. The quantitative estimate of drug-likeness (QED) is 0.504. The number of nitrogens with one attached hydrogen (secondary N) is 1. The molecule has 1 aromatic carbocycles. The van der Waals surface area contributed by atoms with Crippen molar-refractivity contribution in [2.24, 2.45) is 0 Å². The molecule has 3 heterocycles. The van der Waals surface area contributed by atoms with Crippen LogP contribution in [0.4, 0.5) is 10.6 Å². The van der Waals surface area contributed by atoms with Gasteiger partial charge in [0.15, 0.2) is 24.3 Å². The molecule has 2 fully saturated rings. The maximum absolute atomic E-state index is 12.3.